The highest BCUT2D eigenvalue weighted by atomic mass is 32.1. The molecule has 0 unspecified atom stereocenters. The van der Waals surface area contributed by atoms with Crippen LogP contribution in [0.1, 0.15) is 167 Å². The topological polar surface area (TPSA) is 9.72 Å². The van der Waals surface area contributed by atoms with Gasteiger partial charge in [-0.25, -0.2) is 0 Å². The van der Waals surface area contributed by atoms with E-state index < -0.39 is 0 Å². The molecule has 0 saturated carbocycles. The van der Waals surface area contributed by atoms with Crippen LogP contribution in [0.3, 0.4) is 0 Å². The van der Waals surface area contributed by atoms with Gasteiger partial charge < -0.3 is 14.7 Å². The zero-order chi connectivity index (χ0) is 53.1. The van der Waals surface area contributed by atoms with Crippen molar-refractivity contribution < 1.29 is 0 Å². The first-order valence-corrected chi connectivity index (χ1v) is 28.8. The molecule has 0 N–H and O–H groups in total. The molecule has 0 bridgehead atoms. The van der Waals surface area contributed by atoms with Crippen molar-refractivity contribution in [1.82, 2.24) is 0 Å². The second kappa shape index (κ2) is 16.7. The Kier molecular flexibility index (Phi) is 11.1. The van der Waals surface area contributed by atoms with Crippen molar-refractivity contribution in [2.75, 3.05) is 14.7 Å². The lowest BCUT2D eigenvalue weighted by Gasteiger charge is -2.48. The van der Waals surface area contributed by atoms with Gasteiger partial charge in [0.25, 0.3) is 6.71 Å². The van der Waals surface area contributed by atoms with E-state index in [1.807, 2.05) is 11.3 Å². The lowest BCUT2D eigenvalue weighted by molar-refractivity contribution is 0.332. The summed E-state index contributed by atoms with van der Waals surface area (Å²) in [4.78, 5) is 7.95. The van der Waals surface area contributed by atoms with Crippen molar-refractivity contribution in [2.45, 2.75) is 169 Å². The molecule has 382 valence electrons. The average molecular weight is 1000 g/mol. The third kappa shape index (κ3) is 7.94. The normalized spacial score (nSPS) is 17.7. The van der Waals surface area contributed by atoms with Gasteiger partial charge in [0.2, 0.25) is 0 Å². The van der Waals surface area contributed by atoms with E-state index in [9.17, 15) is 0 Å². The average Bonchev–Trinajstić information content (AvgIpc) is 3.79. The number of anilines is 9. The Hall–Kier alpha value is -6.04. The van der Waals surface area contributed by atoms with Crippen LogP contribution in [-0.4, -0.2) is 6.71 Å². The maximum absolute atomic E-state index is 2.73. The van der Waals surface area contributed by atoms with Crippen LogP contribution in [-0.2, 0) is 32.5 Å². The zero-order valence-corrected chi connectivity index (χ0v) is 48.7. The van der Waals surface area contributed by atoms with E-state index in [0.717, 1.165) is 30.6 Å². The van der Waals surface area contributed by atoms with Crippen molar-refractivity contribution in [3.8, 4) is 0 Å². The molecule has 0 radical (unpaired) electrons. The van der Waals surface area contributed by atoms with Crippen molar-refractivity contribution in [1.29, 1.82) is 0 Å². The van der Waals surface area contributed by atoms with Crippen LogP contribution in [0, 0.1) is 13.8 Å². The monoisotopic (exact) mass is 1000 g/mol. The molecule has 3 heterocycles. The fourth-order valence-electron chi connectivity index (χ4n) is 13.4. The summed E-state index contributed by atoms with van der Waals surface area (Å²) < 4.78 is 2.76. The maximum Gasteiger partial charge on any atom is 0.264 e. The standard InChI is InChI=1S/C70H78BN3S/c1-43-21-26-47(27-22-43)72(57-20-18-17-19-44(57)2)50-39-59-62-60(40-50)74(48-28-23-45(24-29-48)65(3,4)5)63-51-37-46(66(6,7)8)25-32-61(51)75-64(63)71(62)56-41-54-55(70(15,16)36-35-69(54,13)14)42-58(56)73(59)49-30-31-52-53(38-49)68(11,12)34-33-67(52,9)10/h17-32,37-42H,33-36H2,1-16H3. The summed E-state index contributed by atoms with van der Waals surface area (Å²) in [5, 5.41) is 1.33. The molecule has 1 aromatic heterocycles. The molecule has 7 aromatic carbocycles. The molecule has 3 nitrogen and oxygen atoms in total. The highest BCUT2D eigenvalue weighted by molar-refractivity contribution is 7.33. The second-order valence-corrected chi connectivity index (χ2v) is 28.8. The Bertz CT molecular complexity index is 3610. The Morgan fingerprint density at radius 2 is 1.04 bits per heavy atom. The van der Waals surface area contributed by atoms with Gasteiger partial charge in [-0.3, -0.25) is 0 Å². The third-order valence-corrected chi connectivity index (χ3v) is 19.7. The van der Waals surface area contributed by atoms with Gasteiger partial charge in [-0.2, -0.15) is 0 Å². The molecule has 0 fully saturated rings. The molecule has 2 aliphatic carbocycles. The van der Waals surface area contributed by atoms with Crippen LogP contribution in [0.4, 0.5) is 51.2 Å². The van der Waals surface area contributed by atoms with Gasteiger partial charge in [-0.1, -0.05) is 163 Å². The molecular formula is C70H78BN3S. The molecular weight excluding hydrogens is 926 g/mol. The lowest BCUT2D eigenvalue weighted by Crippen LogP contribution is -2.61. The van der Waals surface area contributed by atoms with Crippen LogP contribution in [0.25, 0.3) is 10.1 Å². The number of para-hydroxylation sites is 1. The number of hydrogen-bond acceptors (Lipinski definition) is 4. The van der Waals surface area contributed by atoms with E-state index in [-0.39, 0.29) is 39.2 Å². The number of nitrogens with zero attached hydrogens (tertiary/aromatic N) is 3. The minimum absolute atomic E-state index is 0.00342. The summed E-state index contributed by atoms with van der Waals surface area (Å²) in [5.74, 6) is 0. The SMILES string of the molecule is Cc1ccc(N(c2cc3c4c(c2)N(c2ccc(C(C)(C)C)cc2)c2c(sc5ccc(C(C)(C)C)cc25)B4c2cc4c(cc2N3c2ccc3c(c2)C(C)(C)CCC3(C)C)C(C)(C)CCC4(C)C)c2ccccc2C)cc1. The van der Waals surface area contributed by atoms with Crippen LogP contribution in [0.2, 0.25) is 0 Å². The first-order chi connectivity index (χ1) is 35.2. The van der Waals surface area contributed by atoms with Gasteiger partial charge in [0.1, 0.15) is 0 Å². The summed E-state index contributed by atoms with van der Waals surface area (Å²) in [6, 6.07) is 53.1. The van der Waals surface area contributed by atoms with Crippen molar-refractivity contribution in [3.05, 3.63) is 178 Å². The van der Waals surface area contributed by atoms with Gasteiger partial charge in [-0.05, 0) is 195 Å². The number of fused-ring (bicyclic) bond motifs is 8. The van der Waals surface area contributed by atoms with Crippen LogP contribution < -0.4 is 30.4 Å². The fourth-order valence-corrected chi connectivity index (χ4v) is 14.7. The van der Waals surface area contributed by atoms with Gasteiger partial charge in [-0.15, -0.1) is 11.3 Å². The number of rotatable bonds is 5. The number of benzene rings is 7. The van der Waals surface area contributed by atoms with Gasteiger partial charge in [0.05, 0.1) is 11.4 Å². The smallest absolute Gasteiger partial charge is 0.264 e. The predicted octanol–water partition coefficient (Wildman–Crippen LogP) is 18.4. The number of aryl methyl sites for hydroxylation is 2. The molecule has 0 spiro atoms. The summed E-state index contributed by atoms with van der Waals surface area (Å²) in [6.45, 7) is 38.4. The largest absolute Gasteiger partial charge is 0.311 e. The molecule has 0 atom stereocenters. The maximum atomic E-state index is 2.73. The molecule has 8 aromatic rings. The van der Waals surface area contributed by atoms with E-state index in [1.165, 1.54) is 117 Å². The molecule has 2 aliphatic heterocycles. The van der Waals surface area contributed by atoms with Crippen LogP contribution in [0.15, 0.2) is 133 Å². The summed E-state index contributed by atoms with van der Waals surface area (Å²) in [5.41, 5.74) is 25.1. The molecule has 75 heavy (non-hydrogen) atoms. The molecule has 0 saturated heterocycles. The predicted molar refractivity (Wildman–Crippen MR) is 328 cm³/mol. The van der Waals surface area contributed by atoms with Gasteiger partial charge >= 0.3 is 0 Å². The Labute approximate surface area is 454 Å². The number of thiophene rings is 1. The van der Waals surface area contributed by atoms with E-state index in [0.29, 0.717) is 0 Å². The Morgan fingerprint density at radius 1 is 0.493 bits per heavy atom. The van der Waals surface area contributed by atoms with Crippen molar-refractivity contribution >= 4 is 95.0 Å². The van der Waals surface area contributed by atoms with E-state index in [2.05, 4.69) is 259 Å². The first kappa shape index (κ1) is 49.8. The van der Waals surface area contributed by atoms with Gasteiger partial charge in [0.15, 0.2) is 0 Å². The minimum atomic E-state index is -0.0226. The Balaban J connectivity index is 1.26. The molecule has 5 heteroatoms. The van der Waals surface area contributed by atoms with Gasteiger partial charge in [0, 0.05) is 54.7 Å². The fraction of sp³-hybridized carbons (Fsp3) is 0.371. The molecule has 12 rings (SSSR count). The second-order valence-electron chi connectivity index (χ2n) is 27.8. The summed E-state index contributed by atoms with van der Waals surface area (Å²) in [7, 11) is 0. The highest BCUT2D eigenvalue weighted by Gasteiger charge is 2.49. The third-order valence-electron chi connectivity index (χ3n) is 18.5. The van der Waals surface area contributed by atoms with E-state index in [4.69, 9.17) is 0 Å². The van der Waals surface area contributed by atoms with E-state index in [1.54, 1.807) is 0 Å². The number of hydrogen-bond donors (Lipinski definition) is 0. The van der Waals surface area contributed by atoms with Crippen LogP contribution >= 0.6 is 11.3 Å². The zero-order valence-electron chi connectivity index (χ0n) is 47.9. The minimum Gasteiger partial charge on any atom is -0.311 e. The quantitative estimate of drug-likeness (QED) is 0.159. The van der Waals surface area contributed by atoms with E-state index >= 15 is 0 Å². The molecule has 0 amide bonds. The molecule has 4 aliphatic rings. The Morgan fingerprint density at radius 3 is 1.65 bits per heavy atom. The van der Waals surface area contributed by atoms with Crippen molar-refractivity contribution in [3.63, 3.8) is 0 Å². The van der Waals surface area contributed by atoms with Crippen LogP contribution in [0.5, 0.6) is 0 Å². The summed E-state index contributed by atoms with van der Waals surface area (Å²) in [6.07, 6.45) is 4.66. The van der Waals surface area contributed by atoms with Crippen molar-refractivity contribution in [2.24, 2.45) is 0 Å². The lowest BCUT2D eigenvalue weighted by atomic mass is 9.35. The first-order valence-electron chi connectivity index (χ1n) is 28.0. The highest BCUT2D eigenvalue weighted by Crippen LogP contribution is 2.55. The summed E-state index contributed by atoms with van der Waals surface area (Å²) >= 11 is 2.02.